The molecule has 2 amide bonds. The standard InChI is InChI=1S/C19H16N2O5S2/c1-2-26-15-9-11(3-8-14(15)23)10-16-18(25)21(19(27)28-16)20-17(24)12-4-6-13(22)7-5-12/h3-10,22-23H,2H2,1H3,(H,20,24)/b16-10-. The van der Waals surface area contributed by atoms with E-state index < -0.39 is 11.8 Å². The summed E-state index contributed by atoms with van der Waals surface area (Å²) in [6, 6.07) is 10.3. The number of phenolic OH excluding ortho intramolecular Hbond substituents is 2. The Morgan fingerprint density at radius 1 is 1.25 bits per heavy atom. The Balaban J connectivity index is 1.77. The molecular formula is C19H16N2O5S2. The summed E-state index contributed by atoms with van der Waals surface area (Å²) in [5.41, 5.74) is 3.39. The van der Waals surface area contributed by atoms with Crippen molar-refractivity contribution in [3.8, 4) is 17.2 Å². The number of rotatable bonds is 5. The molecule has 2 aromatic carbocycles. The Kier molecular flexibility index (Phi) is 5.86. The van der Waals surface area contributed by atoms with Crippen LogP contribution in [0.4, 0.5) is 0 Å². The average molecular weight is 416 g/mol. The second kappa shape index (κ2) is 8.32. The van der Waals surface area contributed by atoms with E-state index in [0.29, 0.717) is 22.8 Å². The lowest BCUT2D eigenvalue weighted by atomic mass is 10.2. The predicted octanol–water partition coefficient (Wildman–Crippen LogP) is 3.04. The molecule has 1 heterocycles. The fraction of sp³-hybridized carbons (Fsp3) is 0.105. The van der Waals surface area contributed by atoms with Crippen molar-refractivity contribution in [2.45, 2.75) is 6.92 Å². The van der Waals surface area contributed by atoms with Crippen LogP contribution in [-0.2, 0) is 4.79 Å². The highest BCUT2D eigenvalue weighted by molar-refractivity contribution is 8.26. The van der Waals surface area contributed by atoms with Crippen molar-refractivity contribution in [2.24, 2.45) is 0 Å². The van der Waals surface area contributed by atoms with Gasteiger partial charge >= 0.3 is 0 Å². The monoisotopic (exact) mass is 416 g/mol. The van der Waals surface area contributed by atoms with Crippen LogP contribution in [-0.4, -0.2) is 38.0 Å². The fourth-order valence-electron chi connectivity index (χ4n) is 2.39. The van der Waals surface area contributed by atoms with Gasteiger partial charge in [-0.05, 0) is 67.2 Å². The normalized spacial score (nSPS) is 15.2. The zero-order chi connectivity index (χ0) is 20.3. The maximum atomic E-state index is 12.6. The zero-order valence-corrected chi connectivity index (χ0v) is 16.3. The van der Waals surface area contributed by atoms with E-state index in [1.165, 1.54) is 30.3 Å². The molecule has 1 aliphatic heterocycles. The lowest BCUT2D eigenvalue weighted by Gasteiger charge is -2.15. The number of amides is 2. The molecule has 1 saturated heterocycles. The minimum Gasteiger partial charge on any atom is -0.508 e. The number of benzene rings is 2. The summed E-state index contributed by atoms with van der Waals surface area (Å²) in [7, 11) is 0. The molecule has 0 radical (unpaired) electrons. The van der Waals surface area contributed by atoms with Gasteiger partial charge in [0.1, 0.15) is 5.75 Å². The van der Waals surface area contributed by atoms with Crippen molar-refractivity contribution in [3.63, 3.8) is 0 Å². The van der Waals surface area contributed by atoms with E-state index in [1.54, 1.807) is 25.1 Å². The third-order valence-electron chi connectivity index (χ3n) is 3.72. The molecule has 0 spiro atoms. The summed E-state index contributed by atoms with van der Waals surface area (Å²) in [6.07, 6.45) is 1.61. The largest absolute Gasteiger partial charge is 0.508 e. The SMILES string of the molecule is CCOc1cc(/C=C2\SC(=S)N(NC(=O)c3ccc(O)cc3)C2=O)ccc1O. The first kappa shape index (κ1) is 19.7. The number of nitrogens with one attached hydrogen (secondary N) is 1. The van der Waals surface area contributed by atoms with Gasteiger partial charge in [0.2, 0.25) is 0 Å². The van der Waals surface area contributed by atoms with Gasteiger partial charge in [-0.3, -0.25) is 15.0 Å². The molecular weight excluding hydrogens is 400 g/mol. The summed E-state index contributed by atoms with van der Waals surface area (Å²) in [6.45, 7) is 2.19. The number of aromatic hydroxyl groups is 2. The van der Waals surface area contributed by atoms with Crippen LogP contribution in [0.3, 0.4) is 0 Å². The lowest BCUT2D eigenvalue weighted by Crippen LogP contribution is -2.44. The van der Waals surface area contributed by atoms with E-state index in [9.17, 15) is 19.8 Å². The van der Waals surface area contributed by atoms with Gasteiger partial charge in [-0.1, -0.05) is 17.8 Å². The summed E-state index contributed by atoms with van der Waals surface area (Å²) in [5.74, 6) is -0.639. The highest BCUT2D eigenvalue weighted by atomic mass is 32.2. The average Bonchev–Trinajstić information content (AvgIpc) is 2.92. The molecule has 0 unspecified atom stereocenters. The summed E-state index contributed by atoms with van der Waals surface area (Å²) < 4.78 is 5.53. The number of carbonyl (C=O) groups excluding carboxylic acids is 2. The quantitative estimate of drug-likeness (QED) is 0.509. The highest BCUT2D eigenvalue weighted by Gasteiger charge is 2.33. The number of ether oxygens (including phenoxy) is 1. The van der Waals surface area contributed by atoms with Crippen LogP contribution in [0.1, 0.15) is 22.8 Å². The third-order valence-corrected chi connectivity index (χ3v) is 5.02. The van der Waals surface area contributed by atoms with Gasteiger partial charge in [0.05, 0.1) is 11.5 Å². The van der Waals surface area contributed by atoms with Crippen molar-refractivity contribution in [2.75, 3.05) is 6.61 Å². The van der Waals surface area contributed by atoms with Crippen LogP contribution >= 0.6 is 24.0 Å². The Morgan fingerprint density at radius 3 is 2.64 bits per heavy atom. The highest BCUT2D eigenvalue weighted by Crippen LogP contribution is 2.33. The number of carbonyl (C=O) groups is 2. The first-order valence-corrected chi connectivity index (χ1v) is 9.45. The number of phenols is 2. The first-order valence-electron chi connectivity index (χ1n) is 8.23. The minimum atomic E-state index is -0.527. The molecule has 144 valence electrons. The zero-order valence-electron chi connectivity index (χ0n) is 14.7. The van der Waals surface area contributed by atoms with Crippen LogP contribution in [0.15, 0.2) is 47.4 Å². The molecule has 0 aromatic heterocycles. The summed E-state index contributed by atoms with van der Waals surface area (Å²) in [4.78, 5) is 25.3. The topological polar surface area (TPSA) is 99.1 Å². The molecule has 28 heavy (non-hydrogen) atoms. The van der Waals surface area contributed by atoms with E-state index in [0.717, 1.165) is 16.8 Å². The number of hydrogen-bond acceptors (Lipinski definition) is 7. The van der Waals surface area contributed by atoms with Gasteiger partial charge in [-0.2, -0.15) is 5.01 Å². The first-order chi connectivity index (χ1) is 13.4. The number of thiocarbonyl (C=S) groups is 1. The van der Waals surface area contributed by atoms with E-state index in [2.05, 4.69) is 5.43 Å². The van der Waals surface area contributed by atoms with Gasteiger partial charge in [0.15, 0.2) is 15.8 Å². The van der Waals surface area contributed by atoms with E-state index >= 15 is 0 Å². The third kappa shape index (κ3) is 4.26. The molecule has 1 fully saturated rings. The van der Waals surface area contributed by atoms with Crippen LogP contribution in [0.5, 0.6) is 17.2 Å². The van der Waals surface area contributed by atoms with Crippen LogP contribution < -0.4 is 10.2 Å². The summed E-state index contributed by atoms with van der Waals surface area (Å²) >= 11 is 6.25. The molecule has 1 aliphatic rings. The molecule has 0 atom stereocenters. The number of thioether (sulfide) groups is 1. The van der Waals surface area contributed by atoms with Crippen molar-refractivity contribution < 1.29 is 24.5 Å². The maximum absolute atomic E-state index is 12.6. The molecule has 9 heteroatoms. The second-order valence-corrected chi connectivity index (χ2v) is 7.34. The van der Waals surface area contributed by atoms with Crippen LogP contribution in [0.2, 0.25) is 0 Å². The molecule has 0 aliphatic carbocycles. The molecule has 0 saturated carbocycles. The smallest absolute Gasteiger partial charge is 0.285 e. The predicted molar refractivity (Wildman–Crippen MR) is 110 cm³/mol. The van der Waals surface area contributed by atoms with Crippen molar-refractivity contribution in [3.05, 3.63) is 58.5 Å². The van der Waals surface area contributed by atoms with E-state index in [-0.39, 0.29) is 21.4 Å². The fourth-order valence-corrected chi connectivity index (χ4v) is 3.57. The molecule has 2 aromatic rings. The van der Waals surface area contributed by atoms with Crippen molar-refractivity contribution >= 4 is 46.2 Å². The molecule has 7 nitrogen and oxygen atoms in total. The Hall–Kier alpha value is -3.04. The van der Waals surface area contributed by atoms with Crippen LogP contribution in [0.25, 0.3) is 6.08 Å². The molecule has 3 N–H and O–H groups in total. The van der Waals surface area contributed by atoms with Gasteiger partial charge in [0.25, 0.3) is 11.8 Å². The minimum absolute atomic E-state index is 0.00714. The van der Waals surface area contributed by atoms with Gasteiger partial charge < -0.3 is 14.9 Å². The van der Waals surface area contributed by atoms with Crippen molar-refractivity contribution in [1.29, 1.82) is 0 Å². The lowest BCUT2D eigenvalue weighted by molar-refractivity contribution is -0.123. The number of hydrazine groups is 1. The van der Waals surface area contributed by atoms with E-state index in [4.69, 9.17) is 17.0 Å². The van der Waals surface area contributed by atoms with E-state index in [1.807, 2.05) is 0 Å². The Bertz CT molecular complexity index is 973. The van der Waals surface area contributed by atoms with Crippen LogP contribution in [0, 0.1) is 0 Å². The second-order valence-electron chi connectivity index (χ2n) is 5.67. The summed E-state index contributed by atoms with van der Waals surface area (Å²) in [5, 5.41) is 20.1. The molecule has 0 bridgehead atoms. The number of hydrogen-bond donors (Lipinski definition) is 3. The van der Waals surface area contributed by atoms with Gasteiger partial charge in [-0.15, -0.1) is 0 Å². The number of nitrogens with zero attached hydrogens (tertiary/aromatic N) is 1. The molecule has 3 rings (SSSR count). The van der Waals surface area contributed by atoms with Crippen molar-refractivity contribution in [1.82, 2.24) is 10.4 Å². The maximum Gasteiger partial charge on any atom is 0.285 e. The Morgan fingerprint density at radius 2 is 1.96 bits per heavy atom. The van der Waals surface area contributed by atoms with Gasteiger partial charge in [-0.25, -0.2) is 0 Å². The van der Waals surface area contributed by atoms with Gasteiger partial charge in [0, 0.05) is 5.56 Å². The Labute approximate surface area is 170 Å².